The summed E-state index contributed by atoms with van der Waals surface area (Å²) in [5, 5.41) is 0. The Bertz CT molecular complexity index is 658. The van der Waals surface area contributed by atoms with E-state index in [0.717, 1.165) is 30.4 Å². The van der Waals surface area contributed by atoms with Crippen LogP contribution in [0.15, 0.2) is 48.5 Å². The molecule has 2 heteroatoms. The number of hydrogen-bond acceptors (Lipinski definition) is 2. The first kappa shape index (κ1) is 13.9. The third-order valence-corrected chi connectivity index (χ3v) is 4.35. The molecule has 2 aromatic rings. The molecule has 3 rings (SSSR count). The minimum Gasteiger partial charge on any atom is -0.425 e. The van der Waals surface area contributed by atoms with Crippen molar-refractivity contribution in [3.63, 3.8) is 0 Å². The molecule has 2 aromatic carbocycles. The van der Waals surface area contributed by atoms with Crippen molar-refractivity contribution in [3.05, 3.63) is 65.2 Å². The number of ether oxygens (including phenoxy) is 1. The van der Waals surface area contributed by atoms with Gasteiger partial charge in [-0.3, -0.25) is 4.79 Å². The topological polar surface area (TPSA) is 26.3 Å². The van der Waals surface area contributed by atoms with Crippen LogP contribution in [-0.2, 0) is 10.2 Å². The molecule has 0 saturated carbocycles. The van der Waals surface area contributed by atoms with E-state index in [1.54, 1.807) is 0 Å². The lowest BCUT2D eigenvalue weighted by molar-refractivity contribution is -0.137. The van der Waals surface area contributed by atoms with Gasteiger partial charge in [-0.15, -0.1) is 0 Å². The molecule has 0 N–H and O–H groups in total. The van der Waals surface area contributed by atoms with Crippen LogP contribution in [0.3, 0.4) is 0 Å². The number of benzene rings is 2. The van der Waals surface area contributed by atoms with Crippen LogP contribution in [0.4, 0.5) is 0 Å². The molecule has 0 aliphatic carbocycles. The standard InChI is InChI=1S/C19H20O2/c1-3-4-13-19(15-11-9-14(2)10-12-15)16-7-5-6-8-17(16)21-18(19)20/h5-12H,3-4,13H2,1-2H3. The number of aryl methyl sites for hydroxylation is 1. The highest BCUT2D eigenvalue weighted by molar-refractivity contribution is 5.94. The summed E-state index contributed by atoms with van der Waals surface area (Å²) in [5.41, 5.74) is 2.60. The van der Waals surface area contributed by atoms with Gasteiger partial charge in [0.25, 0.3) is 0 Å². The van der Waals surface area contributed by atoms with Gasteiger partial charge in [0.05, 0.1) is 0 Å². The van der Waals surface area contributed by atoms with Gasteiger partial charge in [-0.25, -0.2) is 0 Å². The Morgan fingerprint density at radius 2 is 1.76 bits per heavy atom. The zero-order chi connectivity index (χ0) is 14.9. The summed E-state index contributed by atoms with van der Waals surface area (Å²) < 4.78 is 5.57. The number of carbonyl (C=O) groups is 1. The molecule has 1 unspecified atom stereocenters. The number of rotatable bonds is 4. The predicted octanol–water partition coefficient (Wildman–Crippen LogP) is 4.39. The highest BCUT2D eigenvalue weighted by atomic mass is 16.5. The van der Waals surface area contributed by atoms with Gasteiger partial charge in [0.15, 0.2) is 0 Å². The quantitative estimate of drug-likeness (QED) is 0.613. The van der Waals surface area contributed by atoms with Crippen LogP contribution in [0.5, 0.6) is 5.75 Å². The second-order valence-electron chi connectivity index (χ2n) is 5.76. The summed E-state index contributed by atoms with van der Waals surface area (Å²) in [7, 11) is 0. The van der Waals surface area contributed by atoms with Crippen molar-refractivity contribution in [2.45, 2.75) is 38.5 Å². The van der Waals surface area contributed by atoms with Gasteiger partial charge in [0.2, 0.25) is 0 Å². The van der Waals surface area contributed by atoms with E-state index in [9.17, 15) is 4.79 Å². The molecule has 0 radical (unpaired) electrons. The number of fused-ring (bicyclic) bond motifs is 1. The predicted molar refractivity (Wildman–Crippen MR) is 83.6 cm³/mol. The fourth-order valence-electron chi connectivity index (χ4n) is 3.14. The van der Waals surface area contributed by atoms with Gasteiger partial charge < -0.3 is 4.74 Å². The van der Waals surface area contributed by atoms with Gasteiger partial charge in [0.1, 0.15) is 11.2 Å². The number of unbranched alkanes of at least 4 members (excludes halogenated alkanes) is 1. The first-order chi connectivity index (χ1) is 10.2. The van der Waals surface area contributed by atoms with Crippen LogP contribution in [0, 0.1) is 6.92 Å². The van der Waals surface area contributed by atoms with Crippen LogP contribution < -0.4 is 4.74 Å². The van der Waals surface area contributed by atoms with E-state index in [4.69, 9.17) is 4.74 Å². The third-order valence-electron chi connectivity index (χ3n) is 4.35. The average Bonchev–Trinajstić information content (AvgIpc) is 2.79. The number of hydrogen-bond donors (Lipinski definition) is 0. The second-order valence-corrected chi connectivity index (χ2v) is 5.76. The summed E-state index contributed by atoms with van der Waals surface area (Å²) >= 11 is 0. The summed E-state index contributed by atoms with van der Waals surface area (Å²) in [4.78, 5) is 12.7. The number of carbonyl (C=O) groups excluding carboxylic acids is 1. The summed E-state index contributed by atoms with van der Waals surface area (Å²) in [5.74, 6) is 0.570. The number of para-hydroxylation sites is 1. The molecule has 108 valence electrons. The molecule has 0 fully saturated rings. The van der Waals surface area contributed by atoms with Crippen LogP contribution in [0.2, 0.25) is 0 Å². The van der Waals surface area contributed by atoms with E-state index >= 15 is 0 Å². The fraction of sp³-hybridized carbons (Fsp3) is 0.316. The van der Waals surface area contributed by atoms with Gasteiger partial charge in [-0.1, -0.05) is 67.8 Å². The minimum atomic E-state index is -0.639. The minimum absolute atomic E-state index is 0.138. The molecule has 1 aliphatic heterocycles. The Morgan fingerprint density at radius 3 is 2.48 bits per heavy atom. The SMILES string of the molecule is CCCCC1(c2ccc(C)cc2)C(=O)Oc2ccccc21. The van der Waals surface area contributed by atoms with Crippen LogP contribution >= 0.6 is 0 Å². The zero-order valence-electron chi connectivity index (χ0n) is 12.6. The van der Waals surface area contributed by atoms with E-state index in [1.165, 1.54) is 5.56 Å². The fourth-order valence-corrected chi connectivity index (χ4v) is 3.14. The van der Waals surface area contributed by atoms with Crippen LogP contribution in [0.1, 0.15) is 42.9 Å². The lowest BCUT2D eigenvalue weighted by Crippen LogP contribution is -2.35. The lowest BCUT2D eigenvalue weighted by Gasteiger charge is -2.26. The van der Waals surface area contributed by atoms with E-state index in [0.29, 0.717) is 5.75 Å². The van der Waals surface area contributed by atoms with E-state index < -0.39 is 5.41 Å². The van der Waals surface area contributed by atoms with Crippen molar-refractivity contribution >= 4 is 5.97 Å². The molecule has 0 saturated heterocycles. The van der Waals surface area contributed by atoms with Crippen molar-refractivity contribution in [2.24, 2.45) is 0 Å². The highest BCUT2D eigenvalue weighted by Crippen LogP contribution is 2.47. The normalized spacial score (nSPS) is 20.2. The maximum atomic E-state index is 12.7. The Labute approximate surface area is 125 Å². The molecule has 0 aromatic heterocycles. The summed E-state index contributed by atoms with van der Waals surface area (Å²) in [6.45, 7) is 4.21. The summed E-state index contributed by atoms with van der Waals surface area (Å²) in [6, 6.07) is 16.1. The molecular weight excluding hydrogens is 260 g/mol. The molecule has 0 bridgehead atoms. The molecule has 1 aliphatic rings. The molecule has 2 nitrogen and oxygen atoms in total. The maximum Gasteiger partial charge on any atom is 0.326 e. The molecular formula is C19H20O2. The second kappa shape index (κ2) is 5.36. The zero-order valence-corrected chi connectivity index (χ0v) is 12.6. The monoisotopic (exact) mass is 280 g/mol. The molecule has 1 heterocycles. The van der Waals surface area contributed by atoms with Crippen molar-refractivity contribution in [1.82, 2.24) is 0 Å². The first-order valence-electron chi connectivity index (χ1n) is 7.57. The Hall–Kier alpha value is -2.09. The van der Waals surface area contributed by atoms with Gasteiger partial charge in [-0.2, -0.15) is 0 Å². The van der Waals surface area contributed by atoms with E-state index in [1.807, 2.05) is 24.3 Å². The smallest absolute Gasteiger partial charge is 0.326 e. The van der Waals surface area contributed by atoms with E-state index in [2.05, 4.69) is 38.1 Å². The highest BCUT2D eigenvalue weighted by Gasteiger charge is 2.49. The van der Waals surface area contributed by atoms with Crippen LogP contribution in [-0.4, -0.2) is 5.97 Å². The molecule has 0 spiro atoms. The largest absolute Gasteiger partial charge is 0.425 e. The van der Waals surface area contributed by atoms with Crippen molar-refractivity contribution in [1.29, 1.82) is 0 Å². The molecule has 1 atom stereocenters. The average molecular weight is 280 g/mol. The van der Waals surface area contributed by atoms with Crippen LogP contribution in [0.25, 0.3) is 0 Å². The van der Waals surface area contributed by atoms with Gasteiger partial charge in [-0.05, 0) is 25.0 Å². The van der Waals surface area contributed by atoms with Gasteiger partial charge in [0, 0.05) is 5.56 Å². The first-order valence-corrected chi connectivity index (χ1v) is 7.57. The number of esters is 1. The van der Waals surface area contributed by atoms with E-state index in [-0.39, 0.29) is 5.97 Å². The maximum absolute atomic E-state index is 12.7. The van der Waals surface area contributed by atoms with Gasteiger partial charge >= 0.3 is 5.97 Å². The third kappa shape index (κ3) is 2.15. The Balaban J connectivity index is 2.18. The Kier molecular flexibility index (Phi) is 3.54. The summed E-state index contributed by atoms with van der Waals surface area (Å²) in [6.07, 6.45) is 2.85. The van der Waals surface area contributed by atoms with Crippen molar-refractivity contribution in [3.8, 4) is 5.75 Å². The molecule has 21 heavy (non-hydrogen) atoms. The molecule has 0 amide bonds. The lowest BCUT2D eigenvalue weighted by atomic mass is 9.72. The van der Waals surface area contributed by atoms with Crippen molar-refractivity contribution < 1.29 is 9.53 Å². The van der Waals surface area contributed by atoms with Crippen molar-refractivity contribution in [2.75, 3.05) is 0 Å². The Morgan fingerprint density at radius 1 is 1.05 bits per heavy atom.